The van der Waals surface area contributed by atoms with Gasteiger partial charge in [-0.15, -0.1) is 0 Å². The fourth-order valence-corrected chi connectivity index (χ4v) is 2.54. The largest absolute Gasteiger partial charge is 0.455 e. The first kappa shape index (κ1) is 19.0. The molecule has 1 atom stereocenters. The average Bonchev–Trinajstić information content (AvgIpc) is 3.17. The monoisotopic (exact) mass is 379 g/mol. The fraction of sp³-hybridized carbons (Fsp3) is 0.100. The molecule has 8 heteroatoms. The van der Waals surface area contributed by atoms with Crippen LogP contribution in [0.3, 0.4) is 0 Å². The molecular formula is C20H17N3O5. The van der Waals surface area contributed by atoms with Crippen molar-refractivity contribution in [1.29, 1.82) is 0 Å². The van der Waals surface area contributed by atoms with Crippen LogP contribution in [-0.2, 0) is 4.79 Å². The molecule has 0 aliphatic rings. The predicted molar refractivity (Wildman–Crippen MR) is 103 cm³/mol. The first-order valence-electron chi connectivity index (χ1n) is 8.37. The van der Waals surface area contributed by atoms with E-state index in [-0.39, 0.29) is 5.69 Å². The Kier molecular flexibility index (Phi) is 5.61. The van der Waals surface area contributed by atoms with Gasteiger partial charge in [0, 0.05) is 17.2 Å². The number of hydrazone groups is 1. The molecule has 0 unspecified atom stereocenters. The number of aliphatic hydroxyl groups excluding tert-OH is 1. The molecule has 1 aromatic heterocycles. The molecule has 2 N–H and O–H groups in total. The van der Waals surface area contributed by atoms with Gasteiger partial charge in [-0.2, -0.15) is 5.10 Å². The summed E-state index contributed by atoms with van der Waals surface area (Å²) in [7, 11) is 0. The summed E-state index contributed by atoms with van der Waals surface area (Å²) in [6.07, 6.45) is -0.0551. The van der Waals surface area contributed by atoms with Crippen LogP contribution in [-0.4, -0.2) is 22.2 Å². The lowest BCUT2D eigenvalue weighted by molar-refractivity contribution is -0.385. The van der Waals surface area contributed by atoms with Crippen LogP contribution >= 0.6 is 0 Å². The molecule has 3 rings (SSSR count). The number of aliphatic hydroxyl groups is 1. The highest BCUT2D eigenvalue weighted by molar-refractivity contribution is 5.84. The number of hydrogen-bond acceptors (Lipinski definition) is 6. The lowest BCUT2D eigenvalue weighted by atomic mass is 10.1. The molecule has 28 heavy (non-hydrogen) atoms. The van der Waals surface area contributed by atoms with Crippen molar-refractivity contribution in [2.45, 2.75) is 13.0 Å². The van der Waals surface area contributed by atoms with E-state index < -0.39 is 16.9 Å². The number of aryl methyl sites for hydroxylation is 1. The molecule has 0 aliphatic carbocycles. The van der Waals surface area contributed by atoms with Crippen LogP contribution < -0.4 is 5.43 Å². The number of nitrogens with zero attached hydrogens (tertiary/aromatic N) is 2. The molecule has 0 saturated carbocycles. The minimum absolute atomic E-state index is 0.00581. The number of furan rings is 1. The summed E-state index contributed by atoms with van der Waals surface area (Å²) in [6.45, 7) is 1.66. The highest BCUT2D eigenvalue weighted by atomic mass is 16.6. The minimum Gasteiger partial charge on any atom is -0.455 e. The van der Waals surface area contributed by atoms with Crippen LogP contribution in [0, 0.1) is 17.0 Å². The second kappa shape index (κ2) is 8.28. The van der Waals surface area contributed by atoms with Gasteiger partial charge >= 0.3 is 0 Å². The van der Waals surface area contributed by atoms with Gasteiger partial charge in [-0.3, -0.25) is 14.9 Å². The summed E-state index contributed by atoms with van der Waals surface area (Å²) in [4.78, 5) is 22.5. The zero-order valence-electron chi connectivity index (χ0n) is 14.9. The van der Waals surface area contributed by atoms with E-state index in [1.807, 2.05) is 0 Å². The molecular weight excluding hydrogens is 362 g/mol. The van der Waals surface area contributed by atoms with Gasteiger partial charge in [-0.1, -0.05) is 42.5 Å². The second-order valence-corrected chi connectivity index (χ2v) is 6.01. The molecule has 2 aromatic carbocycles. The van der Waals surface area contributed by atoms with Gasteiger partial charge < -0.3 is 9.52 Å². The molecule has 1 amide bonds. The third kappa shape index (κ3) is 4.30. The van der Waals surface area contributed by atoms with Crippen LogP contribution in [0.5, 0.6) is 0 Å². The number of carbonyl (C=O) groups is 1. The summed E-state index contributed by atoms with van der Waals surface area (Å²) >= 11 is 0. The van der Waals surface area contributed by atoms with E-state index in [0.29, 0.717) is 28.2 Å². The molecule has 0 aliphatic heterocycles. The van der Waals surface area contributed by atoms with Crippen LogP contribution in [0.25, 0.3) is 11.3 Å². The normalized spacial score (nSPS) is 12.1. The predicted octanol–water partition coefficient (Wildman–Crippen LogP) is 3.35. The number of nitro benzene ring substituents is 1. The lowest BCUT2D eigenvalue weighted by Crippen LogP contribution is -2.25. The van der Waals surface area contributed by atoms with Crippen LogP contribution in [0.2, 0.25) is 0 Å². The van der Waals surface area contributed by atoms with Crippen LogP contribution in [0.1, 0.15) is 23.0 Å². The molecule has 8 nitrogen and oxygen atoms in total. The number of carbonyl (C=O) groups excluding carboxylic acids is 1. The van der Waals surface area contributed by atoms with E-state index in [2.05, 4.69) is 10.5 Å². The maximum Gasteiger partial charge on any atom is 0.273 e. The zero-order valence-corrected chi connectivity index (χ0v) is 14.9. The minimum atomic E-state index is -1.33. The summed E-state index contributed by atoms with van der Waals surface area (Å²) in [5.41, 5.74) is 3.82. The Morgan fingerprint density at radius 3 is 2.68 bits per heavy atom. The van der Waals surface area contributed by atoms with Gasteiger partial charge in [0.25, 0.3) is 11.6 Å². The molecule has 0 spiro atoms. The van der Waals surface area contributed by atoms with Crippen LogP contribution in [0.15, 0.2) is 70.2 Å². The number of nitrogens with one attached hydrogen (secondary N) is 1. The number of rotatable bonds is 6. The molecule has 0 fully saturated rings. The van der Waals surface area contributed by atoms with Gasteiger partial charge in [0.2, 0.25) is 0 Å². The summed E-state index contributed by atoms with van der Waals surface area (Å²) in [6, 6.07) is 16.6. The number of benzene rings is 2. The highest BCUT2D eigenvalue weighted by Crippen LogP contribution is 2.27. The van der Waals surface area contributed by atoms with Crippen molar-refractivity contribution in [1.82, 2.24) is 5.43 Å². The summed E-state index contributed by atoms with van der Waals surface area (Å²) in [5.74, 6) is 0.0938. The molecule has 3 aromatic rings. The molecule has 142 valence electrons. The van der Waals surface area contributed by atoms with E-state index in [9.17, 15) is 20.0 Å². The second-order valence-electron chi connectivity index (χ2n) is 6.01. The fourth-order valence-electron chi connectivity index (χ4n) is 2.54. The molecule has 0 radical (unpaired) electrons. The maximum atomic E-state index is 11.9. The van der Waals surface area contributed by atoms with E-state index >= 15 is 0 Å². The van der Waals surface area contributed by atoms with Gasteiger partial charge in [0.15, 0.2) is 6.10 Å². The molecule has 0 saturated heterocycles. The zero-order chi connectivity index (χ0) is 20.1. The molecule has 1 heterocycles. The highest BCUT2D eigenvalue weighted by Gasteiger charge is 2.16. The average molecular weight is 379 g/mol. The van der Waals surface area contributed by atoms with Crippen molar-refractivity contribution in [3.63, 3.8) is 0 Å². The quantitative estimate of drug-likeness (QED) is 0.387. The van der Waals surface area contributed by atoms with Crippen LogP contribution in [0.4, 0.5) is 5.69 Å². The Morgan fingerprint density at radius 1 is 1.21 bits per heavy atom. The van der Waals surface area contributed by atoms with Crippen molar-refractivity contribution in [2.24, 2.45) is 5.10 Å². The number of nitro groups is 1. The summed E-state index contributed by atoms with van der Waals surface area (Å²) < 4.78 is 5.59. The van der Waals surface area contributed by atoms with E-state index in [0.717, 1.165) is 0 Å². The van der Waals surface area contributed by atoms with Crippen molar-refractivity contribution >= 4 is 17.8 Å². The smallest absolute Gasteiger partial charge is 0.273 e. The van der Waals surface area contributed by atoms with E-state index in [1.54, 1.807) is 61.5 Å². The van der Waals surface area contributed by atoms with Crippen molar-refractivity contribution in [3.8, 4) is 11.3 Å². The SMILES string of the molecule is Cc1ccc(-c2ccc(/C=N\NC(=O)[C@H](O)c3ccccc3)o2)cc1[N+](=O)[O-]. The van der Waals surface area contributed by atoms with E-state index in [1.165, 1.54) is 12.3 Å². The standard InChI is InChI=1S/C20H17N3O5/c1-13-7-8-15(11-17(13)23(26)27)18-10-9-16(28-18)12-21-22-20(25)19(24)14-5-3-2-4-6-14/h2-12,19,24H,1H3,(H,22,25)/b21-12-/t19-/m1/s1. The van der Waals surface area contributed by atoms with Gasteiger partial charge in [0.1, 0.15) is 11.5 Å². The molecule has 0 bridgehead atoms. The lowest BCUT2D eigenvalue weighted by Gasteiger charge is -2.08. The Balaban J connectivity index is 1.67. The van der Waals surface area contributed by atoms with E-state index in [4.69, 9.17) is 4.42 Å². The number of hydrogen-bond donors (Lipinski definition) is 2. The number of amides is 1. The Bertz CT molecular complexity index is 1030. The van der Waals surface area contributed by atoms with Crippen molar-refractivity contribution < 1.29 is 19.2 Å². The van der Waals surface area contributed by atoms with Gasteiger partial charge in [-0.05, 0) is 24.6 Å². The summed E-state index contributed by atoms with van der Waals surface area (Å²) in [5, 5.41) is 24.8. The van der Waals surface area contributed by atoms with Gasteiger partial charge in [0.05, 0.1) is 11.1 Å². The first-order chi connectivity index (χ1) is 13.5. The Hall–Kier alpha value is -3.78. The third-order valence-corrected chi connectivity index (χ3v) is 4.05. The topological polar surface area (TPSA) is 118 Å². The van der Waals surface area contributed by atoms with Gasteiger partial charge in [-0.25, -0.2) is 5.43 Å². The Morgan fingerprint density at radius 2 is 1.96 bits per heavy atom. The first-order valence-corrected chi connectivity index (χ1v) is 8.37. The Labute approximate surface area is 160 Å². The van der Waals surface area contributed by atoms with Crippen molar-refractivity contribution in [2.75, 3.05) is 0 Å². The van der Waals surface area contributed by atoms with Crippen molar-refractivity contribution in [3.05, 3.63) is 87.7 Å². The third-order valence-electron chi connectivity index (χ3n) is 4.05. The maximum absolute atomic E-state index is 11.9.